The Labute approximate surface area is 140 Å². The fraction of sp³-hybridized carbons (Fsp3) is 0.182. The van der Waals surface area contributed by atoms with Crippen molar-refractivity contribution in [2.75, 3.05) is 19.0 Å². The van der Waals surface area contributed by atoms with Gasteiger partial charge in [0.2, 0.25) is 0 Å². The van der Waals surface area contributed by atoms with E-state index in [2.05, 4.69) is 52.1 Å². The van der Waals surface area contributed by atoms with Crippen LogP contribution in [-0.4, -0.2) is 35.8 Å². The molecule has 0 bridgehead atoms. The molecule has 0 atom stereocenters. The lowest BCUT2D eigenvalue weighted by atomic mass is 10.4. The molecule has 0 saturated heterocycles. The van der Waals surface area contributed by atoms with E-state index >= 15 is 0 Å². The first-order valence-electron chi connectivity index (χ1n) is 5.51. The van der Waals surface area contributed by atoms with E-state index in [1.54, 1.807) is 6.07 Å². The molecule has 112 valence electrons. The summed E-state index contributed by atoms with van der Waals surface area (Å²) >= 11 is 7.79. The number of hydrogen-bond donors (Lipinski definition) is 2. The van der Waals surface area contributed by atoms with Crippen LogP contribution in [0.5, 0.6) is 5.75 Å². The van der Waals surface area contributed by atoms with Crippen LogP contribution in [-0.2, 0) is 9.53 Å². The maximum Gasteiger partial charge on any atom is 0.343 e. The highest BCUT2D eigenvalue weighted by molar-refractivity contribution is 9.13. The van der Waals surface area contributed by atoms with Crippen LogP contribution in [0, 0.1) is 0 Å². The largest absolute Gasteiger partial charge is 0.479 e. The number of nitrogens with zero attached hydrogens (tertiary/aromatic N) is 1. The number of hydrogen-bond acceptors (Lipinski definition) is 6. The summed E-state index contributed by atoms with van der Waals surface area (Å²) < 4.78 is 11.1. The summed E-state index contributed by atoms with van der Waals surface area (Å²) in [5, 5.41) is 9.00. The van der Waals surface area contributed by atoms with Crippen LogP contribution in [0.4, 0.5) is 5.82 Å². The SMILES string of the molecule is COC(=O)COc1c(C(=O)Nc2ccn[nH]2)sc(Br)c1Br. The number of carbonyl (C=O) groups is 2. The maximum absolute atomic E-state index is 12.2. The molecule has 2 aromatic rings. The molecular formula is C11H9Br2N3O4S. The number of anilines is 1. The van der Waals surface area contributed by atoms with Crippen LogP contribution in [0.25, 0.3) is 0 Å². The van der Waals surface area contributed by atoms with E-state index in [-0.39, 0.29) is 18.3 Å². The molecule has 0 radical (unpaired) electrons. The third kappa shape index (κ3) is 3.83. The Bertz CT molecular complexity index is 657. The van der Waals surface area contributed by atoms with Crippen molar-refractivity contribution in [2.45, 2.75) is 0 Å². The Balaban J connectivity index is 2.20. The molecule has 0 aliphatic heterocycles. The van der Waals surface area contributed by atoms with Crippen molar-refractivity contribution in [3.8, 4) is 5.75 Å². The third-order valence-corrected chi connectivity index (χ3v) is 5.68. The van der Waals surface area contributed by atoms with Gasteiger partial charge in [-0.05, 0) is 31.9 Å². The molecule has 0 fully saturated rings. The van der Waals surface area contributed by atoms with Gasteiger partial charge in [-0.3, -0.25) is 9.89 Å². The van der Waals surface area contributed by atoms with Gasteiger partial charge in [0.15, 0.2) is 12.4 Å². The molecule has 0 spiro atoms. The molecule has 2 rings (SSSR count). The lowest BCUT2D eigenvalue weighted by Crippen LogP contribution is -2.16. The van der Waals surface area contributed by atoms with Crippen molar-refractivity contribution < 1.29 is 19.1 Å². The number of ether oxygens (including phenoxy) is 2. The number of esters is 1. The first-order chi connectivity index (χ1) is 10.0. The Morgan fingerprint density at radius 1 is 1.48 bits per heavy atom. The molecule has 0 aromatic carbocycles. The average molecular weight is 439 g/mol. The van der Waals surface area contributed by atoms with Gasteiger partial charge in [-0.15, -0.1) is 11.3 Å². The van der Waals surface area contributed by atoms with Crippen LogP contribution >= 0.6 is 43.2 Å². The van der Waals surface area contributed by atoms with Gasteiger partial charge in [0, 0.05) is 6.07 Å². The quantitative estimate of drug-likeness (QED) is 0.700. The van der Waals surface area contributed by atoms with E-state index in [4.69, 9.17) is 4.74 Å². The standard InChI is InChI=1S/C11H9Br2N3O4S/c1-19-6(17)4-20-8-7(12)10(13)21-9(8)11(18)15-5-2-3-14-16-5/h2-3H,4H2,1H3,(H2,14,15,16,18). The lowest BCUT2D eigenvalue weighted by Gasteiger charge is -2.07. The van der Waals surface area contributed by atoms with Gasteiger partial charge in [0.25, 0.3) is 5.91 Å². The number of rotatable bonds is 5. The summed E-state index contributed by atoms with van der Waals surface area (Å²) in [6, 6.07) is 1.62. The Morgan fingerprint density at radius 2 is 2.24 bits per heavy atom. The van der Waals surface area contributed by atoms with Gasteiger partial charge in [0.05, 0.1) is 21.6 Å². The van der Waals surface area contributed by atoms with Crippen LogP contribution in [0.15, 0.2) is 20.5 Å². The smallest absolute Gasteiger partial charge is 0.343 e. The second kappa shape index (κ2) is 7.05. The van der Waals surface area contributed by atoms with Crippen LogP contribution < -0.4 is 10.1 Å². The Kier molecular flexibility index (Phi) is 5.37. The van der Waals surface area contributed by atoms with Gasteiger partial charge >= 0.3 is 5.97 Å². The number of aromatic amines is 1. The fourth-order valence-electron chi connectivity index (χ4n) is 1.34. The minimum Gasteiger partial charge on any atom is -0.479 e. The van der Waals surface area contributed by atoms with E-state index in [1.165, 1.54) is 24.6 Å². The highest BCUT2D eigenvalue weighted by atomic mass is 79.9. The predicted octanol–water partition coefficient (Wildman–Crippen LogP) is 2.80. The molecule has 10 heteroatoms. The van der Waals surface area contributed by atoms with Crippen molar-refractivity contribution in [1.82, 2.24) is 10.2 Å². The van der Waals surface area contributed by atoms with E-state index in [1.807, 2.05) is 0 Å². The highest BCUT2D eigenvalue weighted by Crippen LogP contribution is 2.43. The molecule has 2 heterocycles. The Hall–Kier alpha value is -1.39. The highest BCUT2D eigenvalue weighted by Gasteiger charge is 2.23. The summed E-state index contributed by atoms with van der Waals surface area (Å²) in [6.07, 6.45) is 1.52. The first kappa shape index (κ1) is 16.0. The van der Waals surface area contributed by atoms with Crippen molar-refractivity contribution in [3.05, 3.63) is 25.4 Å². The number of carbonyl (C=O) groups excluding carboxylic acids is 2. The fourth-order valence-corrected chi connectivity index (χ4v) is 3.45. The number of H-pyrrole nitrogens is 1. The third-order valence-electron chi connectivity index (χ3n) is 2.29. The molecular weight excluding hydrogens is 430 g/mol. The van der Waals surface area contributed by atoms with Crippen molar-refractivity contribution in [2.24, 2.45) is 0 Å². The summed E-state index contributed by atoms with van der Waals surface area (Å²) in [6.45, 7) is -0.289. The van der Waals surface area contributed by atoms with Gasteiger partial charge in [-0.25, -0.2) is 4.79 Å². The van der Waals surface area contributed by atoms with Crippen LogP contribution in [0.2, 0.25) is 0 Å². The van der Waals surface area contributed by atoms with E-state index in [9.17, 15) is 9.59 Å². The van der Waals surface area contributed by atoms with E-state index in [0.717, 1.165) is 0 Å². The number of methoxy groups -OCH3 is 1. The molecule has 1 amide bonds. The number of nitrogens with one attached hydrogen (secondary N) is 2. The molecule has 2 N–H and O–H groups in total. The molecule has 0 unspecified atom stereocenters. The molecule has 21 heavy (non-hydrogen) atoms. The minimum atomic E-state index is -0.538. The zero-order valence-corrected chi connectivity index (χ0v) is 14.6. The van der Waals surface area contributed by atoms with Crippen molar-refractivity contribution in [3.63, 3.8) is 0 Å². The zero-order chi connectivity index (χ0) is 15.4. The van der Waals surface area contributed by atoms with Gasteiger partial charge in [-0.2, -0.15) is 5.10 Å². The topological polar surface area (TPSA) is 93.3 Å². The van der Waals surface area contributed by atoms with Crippen molar-refractivity contribution in [1.29, 1.82) is 0 Å². The Morgan fingerprint density at radius 3 is 2.86 bits per heavy atom. The summed E-state index contributed by atoms with van der Waals surface area (Å²) in [5.74, 6) is -0.187. The second-order valence-electron chi connectivity index (χ2n) is 3.64. The van der Waals surface area contributed by atoms with Gasteiger partial charge in [0.1, 0.15) is 10.7 Å². The first-order valence-corrected chi connectivity index (χ1v) is 7.91. The molecule has 0 saturated carbocycles. The summed E-state index contributed by atoms with van der Waals surface area (Å²) in [7, 11) is 1.26. The number of aromatic nitrogens is 2. The van der Waals surface area contributed by atoms with Crippen molar-refractivity contribution >= 4 is 60.9 Å². The second-order valence-corrected chi connectivity index (χ2v) is 6.77. The molecule has 7 nitrogen and oxygen atoms in total. The van der Waals surface area contributed by atoms with Gasteiger partial charge < -0.3 is 14.8 Å². The monoisotopic (exact) mass is 437 g/mol. The zero-order valence-electron chi connectivity index (χ0n) is 10.6. The normalized spacial score (nSPS) is 10.2. The summed E-state index contributed by atoms with van der Waals surface area (Å²) in [5.41, 5.74) is 0. The predicted molar refractivity (Wildman–Crippen MR) is 83.8 cm³/mol. The summed E-state index contributed by atoms with van der Waals surface area (Å²) in [4.78, 5) is 23.7. The molecule has 0 aliphatic rings. The lowest BCUT2D eigenvalue weighted by molar-refractivity contribution is -0.142. The number of halogens is 2. The number of amides is 1. The van der Waals surface area contributed by atoms with Crippen LogP contribution in [0.1, 0.15) is 9.67 Å². The number of thiophene rings is 1. The van der Waals surface area contributed by atoms with Gasteiger partial charge in [-0.1, -0.05) is 0 Å². The van der Waals surface area contributed by atoms with E-state index < -0.39 is 5.97 Å². The van der Waals surface area contributed by atoms with Crippen LogP contribution in [0.3, 0.4) is 0 Å². The molecule has 0 aliphatic carbocycles. The maximum atomic E-state index is 12.2. The average Bonchev–Trinajstić information content (AvgIpc) is 3.06. The molecule has 2 aromatic heterocycles. The minimum absolute atomic E-state index is 0.272. The van der Waals surface area contributed by atoms with E-state index in [0.29, 0.717) is 19.0 Å².